The van der Waals surface area contributed by atoms with E-state index in [-0.39, 0.29) is 18.1 Å². The Morgan fingerprint density at radius 1 is 0.878 bits per heavy atom. The first-order valence-electron chi connectivity index (χ1n) is 14.1. The number of amides is 1. The molecule has 0 saturated heterocycles. The van der Waals surface area contributed by atoms with Gasteiger partial charge in [-0.1, -0.05) is 73.7 Å². The van der Waals surface area contributed by atoms with E-state index < -0.39 is 6.04 Å². The smallest absolute Gasteiger partial charge is 0.266 e. The second-order valence-electron chi connectivity index (χ2n) is 10.2. The molecule has 4 aromatic carbocycles. The van der Waals surface area contributed by atoms with Gasteiger partial charge < -0.3 is 9.64 Å². The molecule has 6 heteroatoms. The molecule has 5 rings (SSSR count). The number of para-hydroxylation sites is 2. The van der Waals surface area contributed by atoms with E-state index in [1.165, 1.54) is 0 Å². The van der Waals surface area contributed by atoms with Gasteiger partial charge in [-0.2, -0.15) is 0 Å². The van der Waals surface area contributed by atoms with Crippen molar-refractivity contribution in [1.29, 1.82) is 0 Å². The Hall–Kier alpha value is -4.71. The van der Waals surface area contributed by atoms with E-state index in [2.05, 4.69) is 12.1 Å². The van der Waals surface area contributed by atoms with Crippen molar-refractivity contribution < 1.29 is 9.53 Å². The van der Waals surface area contributed by atoms with E-state index in [4.69, 9.17) is 9.72 Å². The maximum Gasteiger partial charge on any atom is 0.266 e. The molecule has 0 spiro atoms. The molecule has 0 N–H and O–H groups in total. The summed E-state index contributed by atoms with van der Waals surface area (Å²) >= 11 is 0. The standard InChI is InChI=1S/C35H35N3O3/c1-4-32(37(22-21-27-13-7-5-8-14-27)33(39)24-41-29-15-9-6-10-16-29)34-36-31-18-12-11-17-30(31)35(40)38(34)28-20-19-25(2)26(3)23-28/h5-20,23,32H,4,21-22,24H2,1-3H3. The summed E-state index contributed by atoms with van der Waals surface area (Å²) in [6, 6.07) is 32.3. The molecular formula is C35H35N3O3. The molecule has 5 aromatic rings. The fourth-order valence-corrected chi connectivity index (χ4v) is 5.12. The van der Waals surface area contributed by atoms with Crippen molar-refractivity contribution in [2.45, 2.75) is 39.7 Å². The van der Waals surface area contributed by atoms with E-state index >= 15 is 0 Å². The lowest BCUT2D eigenvalue weighted by Gasteiger charge is -2.32. The van der Waals surface area contributed by atoms with Gasteiger partial charge in [0, 0.05) is 6.54 Å². The van der Waals surface area contributed by atoms with Crippen LogP contribution in [0, 0.1) is 13.8 Å². The van der Waals surface area contributed by atoms with Gasteiger partial charge in [-0.25, -0.2) is 4.98 Å². The fraction of sp³-hybridized carbons (Fsp3) is 0.229. The second-order valence-corrected chi connectivity index (χ2v) is 10.2. The average molecular weight is 546 g/mol. The van der Waals surface area contributed by atoms with Crippen LogP contribution in [0.2, 0.25) is 0 Å². The molecule has 1 amide bonds. The Balaban J connectivity index is 1.61. The van der Waals surface area contributed by atoms with Crippen LogP contribution in [0.3, 0.4) is 0 Å². The van der Waals surface area contributed by atoms with Gasteiger partial charge in [-0.3, -0.25) is 14.2 Å². The number of nitrogens with zero attached hydrogens (tertiary/aromatic N) is 3. The second kappa shape index (κ2) is 12.6. The van der Waals surface area contributed by atoms with E-state index in [0.717, 1.165) is 22.4 Å². The zero-order valence-corrected chi connectivity index (χ0v) is 23.8. The van der Waals surface area contributed by atoms with Crippen molar-refractivity contribution in [1.82, 2.24) is 14.5 Å². The molecule has 0 aliphatic heterocycles. The number of carbonyl (C=O) groups is 1. The number of benzene rings is 4. The van der Waals surface area contributed by atoms with Crippen molar-refractivity contribution in [3.63, 3.8) is 0 Å². The number of hydrogen-bond acceptors (Lipinski definition) is 4. The molecule has 1 heterocycles. The summed E-state index contributed by atoms with van der Waals surface area (Å²) < 4.78 is 7.57. The van der Waals surface area contributed by atoms with E-state index in [1.54, 1.807) is 10.6 Å². The van der Waals surface area contributed by atoms with Gasteiger partial charge in [0.1, 0.15) is 11.6 Å². The van der Waals surface area contributed by atoms with Crippen molar-refractivity contribution in [3.8, 4) is 11.4 Å². The van der Waals surface area contributed by atoms with E-state index in [1.807, 2.05) is 111 Å². The molecule has 0 fully saturated rings. The number of fused-ring (bicyclic) bond motifs is 1. The molecule has 0 saturated carbocycles. The van der Waals surface area contributed by atoms with Crippen LogP contribution in [0.1, 0.15) is 41.9 Å². The third kappa shape index (κ3) is 6.22. The lowest BCUT2D eigenvalue weighted by Crippen LogP contribution is -2.42. The van der Waals surface area contributed by atoms with Crippen molar-refractivity contribution in [3.05, 3.63) is 136 Å². The van der Waals surface area contributed by atoms with Crippen LogP contribution in [0.5, 0.6) is 5.75 Å². The maximum atomic E-state index is 14.0. The maximum absolute atomic E-state index is 14.0. The largest absolute Gasteiger partial charge is 0.484 e. The molecule has 1 aromatic heterocycles. The topological polar surface area (TPSA) is 64.4 Å². The minimum absolute atomic E-state index is 0.114. The Labute approximate surface area is 240 Å². The summed E-state index contributed by atoms with van der Waals surface area (Å²) in [5.74, 6) is 1.01. The highest BCUT2D eigenvalue weighted by Crippen LogP contribution is 2.27. The number of hydrogen-bond donors (Lipinski definition) is 0. The first kappa shape index (κ1) is 27.8. The third-order valence-electron chi connectivity index (χ3n) is 7.52. The summed E-state index contributed by atoms with van der Waals surface area (Å²) in [4.78, 5) is 34.8. The number of carbonyl (C=O) groups excluding carboxylic acids is 1. The molecule has 208 valence electrons. The fourth-order valence-electron chi connectivity index (χ4n) is 5.12. The summed E-state index contributed by atoms with van der Waals surface area (Å²) in [6.07, 6.45) is 1.23. The van der Waals surface area contributed by atoms with Gasteiger partial charge in [0.05, 0.1) is 22.6 Å². The Morgan fingerprint density at radius 3 is 2.27 bits per heavy atom. The van der Waals surface area contributed by atoms with E-state index in [0.29, 0.717) is 41.9 Å². The van der Waals surface area contributed by atoms with Crippen LogP contribution in [0.25, 0.3) is 16.6 Å². The van der Waals surface area contributed by atoms with Gasteiger partial charge in [0.25, 0.3) is 11.5 Å². The molecule has 0 radical (unpaired) electrons. The normalized spacial score (nSPS) is 11.8. The van der Waals surface area contributed by atoms with Crippen LogP contribution >= 0.6 is 0 Å². The highest BCUT2D eigenvalue weighted by Gasteiger charge is 2.29. The highest BCUT2D eigenvalue weighted by atomic mass is 16.5. The van der Waals surface area contributed by atoms with Crippen LogP contribution < -0.4 is 10.3 Å². The molecule has 1 unspecified atom stereocenters. The third-order valence-corrected chi connectivity index (χ3v) is 7.52. The van der Waals surface area contributed by atoms with Crippen LogP contribution in [0.15, 0.2) is 108 Å². The predicted octanol–water partition coefficient (Wildman–Crippen LogP) is 6.60. The van der Waals surface area contributed by atoms with Gasteiger partial charge in [-0.15, -0.1) is 0 Å². The van der Waals surface area contributed by atoms with Crippen molar-refractivity contribution >= 4 is 16.8 Å². The van der Waals surface area contributed by atoms with E-state index in [9.17, 15) is 9.59 Å². The quantitative estimate of drug-likeness (QED) is 0.198. The first-order chi connectivity index (χ1) is 20.0. The van der Waals surface area contributed by atoms with Crippen LogP contribution in [-0.2, 0) is 11.2 Å². The van der Waals surface area contributed by atoms with Gasteiger partial charge >= 0.3 is 0 Å². The molecule has 1 atom stereocenters. The zero-order chi connectivity index (χ0) is 28.8. The minimum atomic E-state index is -0.454. The zero-order valence-electron chi connectivity index (χ0n) is 23.8. The van der Waals surface area contributed by atoms with Gasteiger partial charge in [0.2, 0.25) is 0 Å². The Bertz CT molecular complexity index is 1700. The lowest BCUT2D eigenvalue weighted by atomic mass is 10.1. The average Bonchev–Trinajstić information content (AvgIpc) is 3.00. The molecule has 0 aliphatic rings. The molecule has 6 nitrogen and oxygen atoms in total. The molecule has 0 aliphatic carbocycles. The summed E-state index contributed by atoms with van der Waals surface area (Å²) in [6.45, 7) is 6.45. The lowest BCUT2D eigenvalue weighted by molar-refractivity contribution is -0.136. The number of rotatable bonds is 10. The molecule has 0 bridgehead atoms. The molecule has 41 heavy (non-hydrogen) atoms. The number of aromatic nitrogens is 2. The summed E-state index contributed by atoms with van der Waals surface area (Å²) in [5, 5.41) is 0.541. The van der Waals surface area contributed by atoms with Crippen molar-refractivity contribution in [2.24, 2.45) is 0 Å². The number of aryl methyl sites for hydroxylation is 2. The summed E-state index contributed by atoms with van der Waals surface area (Å²) in [5.41, 5.74) is 4.55. The van der Waals surface area contributed by atoms with Crippen LogP contribution in [0.4, 0.5) is 0 Å². The summed E-state index contributed by atoms with van der Waals surface area (Å²) in [7, 11) is 0. The first-order valence-corrected chi connectivity index (χ1v) is 14.1. The van der Waals surface area contributed by atoms with Gasteiger partial charge in [-0.05, 0) is 79.8 Å². The SMILES string of the molecule is CCC(c1nc2ccccc2c(=O)n1-c1ccc(C)c(C)c1)N(CCc1ccccc1)C(=O)COc1ccccc1. The molecular weight excluding hydrogens is 510 g/mol. The minimum Gasteiger partial charge on any atom is -0.484 e. The highest BCUT2D eigenvalue weighted by molar-refractivity contribution is 5.79. The van der Waals surface area contributed by atoms with Gasteiger partial charge in [0.15, 0.2) is 6.61 Å². The Kier molecular flexibility index (Phi) is 8.59. The predicted molar refractivity (Wildman–Crippen MR) is 164 cm³/mol. The number of ether oxygens (including phenoxy) is 1. The van der Waals surface area contributed by atoms with Crippen LogP contribution in [-0.4, -0.2) is 33.5 Å². The van der Waals surface area contributed by atoms with Crippen molar-refractivity contribution in [2.75, 3.05) is 13.2 Å². The Morgan fingerprint density at radius 2 is 1.56 bits per heavy atom. The monoisotopic (exact) mass is 545 g/mol.